The van der Waals surface area contributed by atoms with Crippen LogP contribution in [0.1, 0.15) is 79.5 Å². The van der Waals surface area contributed by atoms with Crippen molar-refractivity contribution in [2.45, 2.75) is 68.9 Å². The first-order valence-corrected chi connectivity index (χ1v) is 12.8. The van der Waals surface area contributed by atoms with Crippen molar-refractivity contribution in [3.05, 3.63) is 47.9 Å². The van der Waals surface area contributed by atoms with E-state index in [0.29, 0.717) is 17.5 Å². The number of benzene rings is 1. The van der Waals surface area contributed by atoms with Gasteiger partial charge in [0, 0.05) is 48.5 Å². The van der Waals surface area contributed by atoms with Crippen molar-refractivity contribution in [2.75, 3.05) is 24.3 Å². The summed E-state index contributed by atoms with van der Waals surface area (Å²) in [4.78, 5) is 15.1. The van der Waals surface area contributed by atoms with Gasteiger partial charge in [-0.1, -0.05) is 0 Å². The molecule has 3 aromatic rings. The predicted molar refractivity (Wildman–Crippen MR) is 133 cm³/mol. The lowest BCUT2D eigenvalue weighted by atomic mass is 9.79. The molecule has 3 saturated carbocycles. The Morgan fingerprint density at radius 2 is 1.89 bits per heavy atom. The van der Waals surface area contributed by atoms with Crippen molar-refractivity contribution in [1.82, 2.24) is 9.78 Å². The number of rotatable bonds is 6. The van der Waals surface area contributed by atoms with E-state index in [4.69, 9.17) is 5.10 Å². The van der Waals surface area contributed by atoms with E-state index in [1.54, 1.807) is 6.07 Å². The quantitative estimate of drug-likeness (QED) is 0.369. The van der Waals surface area contributed by atoms with E-state index in [9.17, 15) is 15.1 Å². The second kappa shape index (κ2) is 8.22. The highest BCUT2D eigenvalue weighted by Crippen LogP contribution is 2.49. The average molecular weight is 477 g/mol. The SMILES string of the molecule is CN(C)c1cc2nn([C@H]3CC[C@@](O)(C4CC4)CC3)cc2cc1NC(=O)c1cccc(C2CC2)[n+]1O. The van der Waals surface area contributed by atoms with Gasteiger partial charge < -0.3 is 15.3 Å². The summed E-state index contributed by atoms with van der Waals surface area (Å²) in [5.74, 6) is 0.473. The molecule has 1 aromatic carbocycles. The Labute approximate surface area is 205 Å². The number of fused-ring (bicyclic) bond motifs is 1. The number of pyridine rings is 1. The molecule has 2 heterocycles. The second-order valence-electron chi connectivity index (χ2n) is 10.9. The number of nitrogens with one attached hydrogen (secondary N) is 1. The number of aliphatic hydroxyl groups is 1. The van der Waals surface area contributed by atoms with Gasteiger partial charge in [-0.05, 0) is 75.5 Å². The number of aromatic nitrogens is 3. The molecule has 0 unspecified atom stereocenters. The van der Waals surface area contributed by atoms with Gasteiger partial charge in [0.05, 0.1) is 28.5 Å². The van der Waals surface area contributed by atoms with Gasteiger partial charge in [0.25, 0.3) is 0 Å². The van der Waals surface area contributed by atoms with E-state index in [1.165, 1.54) is 0 Å². The minimum Gasteiger partial charge on any atom is -0.390 e. The van der Waals surface area contributed by atoms with Crippen LogP contribution < -0.4 is 14.9 Å². The van der Waals surface area contributed by atoms with Gasteiger partial charge in [-0.3, -0.25) is 14.7 Å². The molecule has 3 aliphatic carbocycles. The number of amides is 1. The van der Waals surface area contributed by atoms with Gasteiger partial charge >= 0.3 is 11.6 Å². The summed E-state index contributed by atoms with van der Waals surface area (Å²) in [6.45, 7) is 0. The maximum Gasteiger partial charge on any atom is 0.325 e. The van der Waals surface area contributed by atoms with E-state index in [1.807, 2.05) is 47.9 Å². The summed E-state index contributed by atoms with van der Waals surface area (Å²) in [5.41, 5.74) is 2.94. The van der Waals surface area contributed by atoms with E-state index >= 15 is 0 Å². The summed E-state index contributed by atoms with van der Waals surface area (Å²) in [5, 5.41) is 30.4. The molecule has 2 aromatic heterocycles. The lowest BCUT2D eigenvalue weighted by Gasteiger charge is -2.36. The summed E-state index contributed by atoms with van der Waals surface area (Å²) in [7, 11) is 3.88. The van der Waals surface area contributed by atoms with Crippen molar-refractivity contribution in [1.29, 1.82) is 0 Å². The summed E-state index contributed by atoms with van der Waals surface area (Å²) >= 11 is 0. The lowest BCUT2D eigenvalue weighted by molar-refractivity contribution is -0.910. The van der Waals surface area contributed by atoms with Gasteiger partial charge in [0.2, 0.25) is 5.69 Å². The molecule has 8 heteroatoms. The largest absolute Gasteiger partial charge is 0.390 e. The Balaban J connectivity index is 1.26. The van der Waals surface area contributed by atoms with Crippen LogP contribution in [-0.2, 0) is 0 Å². The Kier molecular flexibility index (Phi) is 5.25. The molecule has 35 heavy (non-hydrogen) atoms. The molecule has 3 N–H and O–H groups in total. The molecule has 1 amide bonds. The van der Waals surface area contributed by atoms with Crippen molar-refractivity contribution < 1.29 is 19.8 Å². The fourth-order valence-electron chi connectivity index (χ4n) is 5.70. The lowest BCUT2D eigenvalue weighted by Crippen LogP contribution is -2.43. The fraction of sp³-hybridized carbons (Fsp3) is 0.519. The number of anilines is 2. The number of carbonyl (C=O) groups is 1. The van der Waals surface area contributed by atoms with E-state index in [2.05, 4.69) is 11.5 Å². The van der Waals surface area contributed by atoms with Crippen LogP contribution in [0.25, 0.3) is 10.9 Å². The highest BCUT2D eigenvalue weighted by atomic mass is 16.5. The van der Waals surface area contributed by atoms with Gasteiger partial charge in [0.15, 0.2) is 0 Å². The molecular weight excluding hydrogens is 442 g/mol. The minimum absolute atomic E-state index is 0.222. The van der Waals surface area contributed by atoms with Crippen LogP contribution in [-0.4, -0.2) is 45.7 Å². The monoisotopic (exact) mass is 476 g/mol. The Morgan fingerprint density at radius 3 is 2.54 bits per heavy atom. The molecule has 0 saturated heterocycles. The highest BCUT2D eigenvalue weighted by molar-refractivity contribution is 6.05. The Morgan fingerprint density at radius 1 is 1.14 bits per heavy atom. The number of hydrogen-bond donors (Lipinski definition) is 3. The first-order chi connectivity index (χ1) is 16.8. The van der Waals surface area contributed by atoms with Gasteiger partial charge in [-0.25, -0.2) is 0 Å². The Hall–Kier alpha value is -3.13. The van der Waals surface area contributed by atoms with Gasteiger partial charge in [0.1, 0.15) is 0 Å². The molecule has 0 radical (unpaired) electrons. The van der Waals surface area contributed by atoms with Crippen LogP contribution >= 0.6 is 0 Å². The van der Waals surface area contributed by atoms with Gasteiger partial charge in [-0.15, -0.1) is 0 Å². The predicted octanol–water partition coefficient (Wildman–Crippen LogP) is 4.01. The third-order valence-electron chi connectivity index (χ3n) is 8.12. The van der Waals surface area contributed by atoms with Crippen LogP contribution in [0.3, 0.4) is 0 Å². The molecule has 6 rings (SSSR count). The smallest absolute Gasteiger partial charge is 0.325 e. The normalized spacial score (nSPS) is 24.5. The molecule has 3 aliphatic rings. The topological polar surface area (TPSA) is 94.5 Å². The zero-order chi connectivity index (χ0) is 24.3. The second-order valence-corrected chi connectivity index (χ2v) is 10.9. The van der Waals surface area contributed by atoms with Crippen LogP contribution in [0.4, 0.5) is 11.4 Å². The number of hydrogen-bond acceptors (Lipinski definition) is 5. The third-order valence-corrected chi connectivity index (χ3v) is 8.12. The molecule has 3 fully saturated rings. The third kappa shape index (κ3) is 4.14. The van der Waals surface area contributed by atoms with E-state index in [-0.39, 0.29) is 17.6 Å². The maximum atomic E-state index is 13.2. The molecule has 184 valence electrons. The van der Waals surface area contributed by atoms with Crippen LogP contribution in [0.5, 0.6) is 0 Å². The zero-order valence-corrected chi connectivity index (χ0v) is 20.4. The van der Waals surface area contributed by atoms with E-state index < -0.39 is 5.60 Å². The van der Waals surface area contributed by atoms with Crippen molar-refractivity contribution in [2.24, 2.45) is 5.92 Å². The fourth-order valence-corrected chi connectivity index (χ4v) is 5.70. The van der Waals surface area contributed by atoms with Crippen LogP contribution in [0.2, 0.25) is 0 Å². The van der Waals surface area contributed by atoms with Crippen molar-refractivity contribution in [3.63, 3.8) is 0 Å². The van der Waals surface area contributed by atoms with Crippen LogP contribution in [0.15, 0.2) is 36.5 Å². The molecule has 8 nitrogen and oxygen atoms in total. The van der Waals surface area contributed by atoms with Gasteiger partial charge in [-0.2, -0.15) is 5.10 Å². The van der Waals surface area contributed by atoms with E-state index in [0.717, 1.165) is 78.4 Å². The highest BCUT2D eigenvalue weighted by Gasteiger charge is 2.46. The first-order valence-electron chi connectivity index (χ1n) is 12.8. The summed E-state index contributed by atoms with van der Waals surface area (Å²) in [6, 6.07) is 9.57. The van der Waals surface area contributed by atoms with Crippen molar-refractivity contribution >= 4 is 28.2 Å². The molecule has 0 spiro atoms. The molecule has 0 bridgehead atoms. The van der Waals surface area contributed by atoms with Crippen molar-refractivity contribution in [3.8, 4) is 0 Å². The minimum atomic E-state index is -0.473. The molecular formula is C27H34N5O3+. The molecule has 0 atom stereocenters. The zero-order valence-electron chi connectivity index (χ0n) is 20.4. The Bertz CT molecular complexity index is 1280. The standard InChI is InChI=1S/C27H33N5O3/c1-30(2)25-15-21-18(16-31(29-21)20-10-12-27(34,13-11-20)19-8-9-19)14-22(25)28-26(33)24-5-3-4-23(32(24)35)17-6-7-17/h3-5,14-17,19-20,34H,6-13H2,1-2H3,(H-,28,33,35)/p+1/t20-,27-. The maximum absolute atomic E-state index is 13.2. The summed E-state index contributed by atoms with van der Waals surface area (Å²) < 4.78 is 3.08. The summed E-state index contributed by atoms with van der Waals surface area (Å²) in [6.07, 6.45) is 9.99. The number of nitrogens with zero attached hydrogens (tertiary/aromatic N) is 4. The number of carbonyl (C=O) groups excluding carboxylic acids is 1. The average Bonchev–Trinajstić information content (AvgIpc) is 3.75. The molecule has 0 aliphatic heterocycles. The van der Waals surface area contributed by atoms with Crippen LogP contribution in [0, 0.1) is 5.92 Å². The first kappa shape index (κ1) is 22.3.